The second kappa shape index (κ2) is 7.35. The lowest BCUT2D eigenvalue weighted by Crippen LogP contribution is -2.14. The van der Waals surface area contributed by atoms with E-state index in [9.17, 15) is 4.79 Å². The zero-order valence-electron chi connectivity index (χ0n) is 15.1. The molecule has 0 bridgehead atoms. The van der Waals surface area contributed by atoms with E-state index >= 15 is 0 Å². The standard InChI is InChI=1S/C21H21N3O2/c1-21(2,3)16-6-4-15(5-7-16)20(25)24-17-8-10-18(11-9-17)26-19-12-22-14-23-13-19/h4-14H,1-3H3,(H,24,25). The predicted octanol–water partition coefficient (Wildman–Crippen LogP) is 4.82. The Balaban J connectivity index is 1.64. The third-order valence-corrected chi connectivity index (χ3v) is 3.90. The SMILES string of the molecule is CC(C)(C)c1ccc(C(=O)Nc2ccc(Oc3cncnc3)cc2)cc1. The number of benzene rings is 2. The van der Waals surface area contributed by atoms with Gasteiger partial charge in [-0.25, -0.2) is 9.97 Å². The first-order chi connectivity index (χ1) is 12.4. The van der Waals surface area contributed by atoms with Gasteiger partial charge in [0.25, 0.3) is 5.91 Å². The average molecular weight is 347 g/mol. The van der Waals surface area contributed by atoms with E-state index in [1.165, 1.54) is 11.9 Å². The minimum absolute atomic E-state index is 0.0641. The van der Waals surface area contributed by atoms with Crippen molar-refractivity contribution in [3.05, 3.63) is 78.4 Å². The van der Waals surface area contributed by atoms with E-state index in [1.807, 2.05) is 24.3 Å². The van der Waals surface area contributed by atoms with E-state index in [4.69, 9.17) is 4.74 Å². The lowest BCUT2D eigenvalue weighted by Gasteiger charge is -2.19. The third-order valence-electron chi connectivity index (χ3n) is 3.90. The van der Waals surface area contributed by atoms with Gasteiger partial charge in [-0.1, -0.05) is 32.9 Å². The van der Waals surface area contributed by atoms with Crippen LogP contribution in [0.2, 0.25) is 0 Å². The van der Waals surface area contributed by atoms with E-state index in [-0.39, 0.29) is 11.3 Å². The Morgan fingerprint density at radius 1 is 0.885 bits per heavy atom. The molecule has 0 saturated carbocycles. The van der Waals surface area contributed by atoms with Crippen LogP contribution >= 0.6 is 0 Å². The van der Waals surface area contributed by atoms with Crippen LogP contribution in [0, 0.1) is 0 Å². The van der Waals surface area contributed by atoms with Crippen molar-refractivity contribution in [2.24, 2.45) is 0 Å². The maximum absolute atomic E-state index is 12.4. The molecule has 2 aromatic carbocycles. The zero-order valence-corrected chi connectivity index (χ0v) is 15.1. The van der Waals surface area contributed by atoms with Gasteiger partial charge in [-0.2, -0.15) is 0 Å². The van der Waals surface area contributed by atoms with Gasteiger partial charge in [-0.05, 0) is 47.4 Å². The lowest BCUT2D eigenvalue weighted by atomic mass is 9.87. The van der Waals surface area contributed by atoms with Crippen LogP contribution in [0.25, 0.3) is 0 Å². The molecule has 26 heavy (non-hydrogen) atoms. The van der Waals surface area contributed by atoms with Gasteiger partial charge in [0.05, 0.1) is 12.4 Å². The van der Waals surface area contributed by atoms with Crippen LogP contribution in [-0.2, 0) is 5.41 Å². The summed E-state index contributed by atoms with van der Waals surface area (Å²) in [6.45, 7) is 6.44. The van der Waals surface area contributed by atoms with Gasteiger partial charge in [0.1, 0.15) is 12.1 Å². The van der Waals surface area contributed by atoms with Gasteiger partial charge < -0.3 is 10.1 Å². The smallest absolute Gasteiger partial charge is 0.255 e. The molecule has 5 nitrogen and oxygen atoms in total. The zero-order chi connectivity index (χ0) is 18.6. The van der Waals surface area contributed by atoms with Gasteiger partial charge in [0, 0.05) is 11.3 Å². The van der Waals surface area contributed by atoms with Gasteiger partial charge in [0.2, 0.25) is 0 Å². The fourth-order valence-electron chi connectivity index (χ4n) is 2.41. The molecule has 0 spiro atoms. The fraction of sp³-hybridized carbons (Fsp3) is 0.190. The molecular weight excluding hydrogens is 326 g/mol. The summed E-state index contributed by atoms with van der Waals surface area (Å²) in [7, 11) is 0. The van der Waals surface area contributed by atoms with Crippen molar-refractivity contribution in [1.82, 2.24) is 9.97 Å². The predicted molar refractivity (Wildman–Crippen MR) is 102 cm³/mol. The first-order valence-electron chi connectivity index (χ1n) is 8.37. The van der Waals surface area contributed by atoms with Crippen LogP contribution in [0.5, 0.6) is 11.5 Å². The highest BCUT2D eigenvalue weighted by molar-refractivity contribution is 6.04. The van der Waals surface area contributed by atoms with Crippen molar-refractivity contribution in [2.45, 2.75) is 26.2 Å². The number of carbonyl (C=O) groups excluding carboxylic acids is 1. The van der Waals surface area contributed by atoms with Crippen molar-refractivity contribution in [3.8, 4) is 11.5 Å². The van der Waals surface area contributed by atoms with Crippen LogP contribution in [0.1, 0.15) is 36.7 Å². The minimum atomic E-state index is -0.143. The van der Waals surface area contributed by atoms with E-state index in [1.54, 1.807) is 36.7 Å². The molecule has 132 valence electrons. The number of carbonyl (C=O) groups is 1. The Bertz CT molecular complexity index is 868. The maximum Gasteiger partial charge on any atom is 0.255 e. The fourth-order valence-corrected chi connectivity index (χ4v) is 2.41. The Morgan fingerprint density at radius 2 is 1.50 bits per heavy atom. The van der Waals surface area contributed by atoms with E-state index in [0.29, 0.717) is 22.7 Å². The summed E-state index contributed by atoms with van der Waals surface area (Å²) in [6.07, 6.45) is 4.62. The molecule has 3 aromatic rings. The van der Waals surface area contributed by atoms with Crippen molar-refractivity contribution >= 4 is 11.6 Å². The number of anilines is 1. The van der Waals surface area contributed by atoms with Gasteiger partial charge in [0.15, 0.2) is 5.75 Å². The molecule has 1 heterocycles. The first kappa shape index (κ1) is 17.6. The second-order valence-corrected chi connectivity index (χ2v) is 6.98. The third kappa shape index (κ3) is 4.45. The van der Waals surface area contributed by atoms with Crippen LogP contribution in [-0.4, -0.2) is 15.9 Å². The molecule has 3 rings (SSSR count). The van der Waals surface area contributed by atoms with Crippen LogP contribution in [0.4, 0.5) is 5.69 Å². The number of aromatic nitrogens is 2. The molecule has 1 amide bonds. The number of nitrogens with zero attached hydrogens (tertiary/aromatic N) is 2. The van der Waals surface area contributed by atoms with Crippen molar-refractivity contribution in [2.75, 3.05) is 5.32 Å². The topological polar surface area (TPSA) is 64.1 Å². The minimum Gasteiger partial charge on any atom is -0.454 e. The summed E-state index contributed by atoms with van der Waals surface area (Å²) in [5, 5.41) is 2.89. The summed E-state index contributed by atoms with van der Waals surface area (Å²) >= 11 is 0. The molecule has 0 aliphatic carbocycles. The molecular formula is C21H21N3O2. The molecule has 0 aliphatic rings. The van der Waals surface area contributed by atoms with Gasteiger partial charge in [-0.3, -0.25) is 4.79 Å². The Morgan fingerprint density at radius 3 is 2.08 bits per heavy atom. The Labute approximate surface area is 153 Å². The van der Waals surface area contributed by atoms with E-state index < -0.39 is 0 Å². The first-order valence-corrected chi connectivity index (χ1v) is 8.37. The summed E-state index contributed by atoms with van der Waals surface area (Å²) in [4.78, 5) is 20.2. The number of hydrogen-bond acceptors (Lipinski definition) is 4. The molecule has 0 fully saturated rings. The highest BCUT2D eigenvalue weighted by Gasteiger charge is 2.14. The number of amides is 1. The number of nitrogens with one attached hydrogen (secondary N) is 1. The average Bonchev–Trinajstić information content (AvgIpc) is 2.63. The summed E-state index contributed by atoms with van der Waals surface area (Å²) in [6, 6.07) is 14.8. The monoisotopic (exact) mass is 347 g/mol. The summed E-state index contributed by atoms with van der Waals surface area (Å²) < 4.78 is 5.63. The number of rotatable bonds is 4. The van der Waals surface area contributed by atoms with E-state index in [2.05, 4.69) is 36.1 Å². The quantitative estimate of drug-likeness (QED) is 0.735. The normalized spacial score (nSPS) is 11.0. The molecule has 0 aliphatic heterocycles. The number of ether oxygens (including phenoxy) is 1. The summed E-state index contributed by atoms with van der Waals surface area (Å²) in [5.41, 5.74) is 2.58. The largest absolute Gasteiger partial charge is 0.454 e. The van der Waals surface area contributed by atoms with E-state index in [0.717, 1.165) is 0 Å². The molecule has 0 saturated heterocycles. The lowest BCUT2D eigenvalue weighted by molar-refractivity contribution is 0.102. The summed E-state index contributed by atoms with van der Waals surface area (Å²) in [5.74, 6) is 1.06. The number of hydrogen-bond donors (Lipinski definition) is 1. The second-order valence-electron chi connectivity index (χ2n) is 6.98. The molecule has 0 atom stereocenters. The highest BCUT2D eigenvalue weighted by atomic mass is 16.5. The molecule has 5 heteroatoms. The maximum atomic E-state index is 12.4. The van der Waals surface area contributed by atoms with Crippen molar-refractivity contribution in [3.63, 3.8) is 0 Å². The molecule has 0 radical (unpaired) electrons. The van der Waals surface area contributed by atoms with Crippen LogP contribution in [0.3, 0.4) is 0 Å². The van der Waals surface area contributed by atoms with Crippen molar-refractivity contribution < 1.29 is 9.53 Å². The Hall–Kier alpha value is -3.21. The molecule has 0 unspecified atom stereocenters. The van der Waals surface area contributed by atoms with Gasteiger partial charge >= 0.3 is 0 Å². The molecule has 1 N–H and O–H groups in total. The van der Waals surface area contributed by atoms with Crippen LogP contribution < -0.4 is 10.1 Å². The molecule has 1 aromatic heterocycles. The van der Waals surface area contributed by atoms with Crippen LogP contribution in [0.15, 0.2) is 67.3 Å². The Kier molecular flexibility index (Phi) is 4.98. The van der Waals surface area contributed by atoms with Crippen molar-refractivity contribution in [1.29, 1.82) is 0 Å². The van der Waals surface area contributed by atoms with Gasteiger partial charge in [-0.15, -0.1) is 0 Å². The highest BCUT2D eigenvalue weighted by Crippen LogP contribution is 2.24.